The number of fused-ring (bicyclic) bond motifs is 3. The summed E-state index contributed by atoms with van der Waals surface area (Å²) in [6.45, 7) is 1.32. The molecule has 1 aromatic rings. The minimum Gasteiger partial charge on any atom is -0.486 e. The van der Waals surface area contributed by atoms with Crippen LogP contribution in [0.1, 0.15) is 37.3 Å². The molecule has 20 heavy (non-hydrogen) atoms. The number of hydrogen-bond donors (Lipinski definition) is 1. The smallest absolute Gasteiger partial charge is 0.161 e. The van der Waals surface area contributed by atoms with Crippen LogP contribution in [0.15, 0.2) is 18.2 Å². The molecular formula is C17H23NO2. The molecule has 0 aromatic heterocycles. The van der Waals surface area contributed by atoms with Gasteiger partial charge in [-0.25, -0.2) is 0 Å². The first-order chi connectivity index (χ1) is 9.85. The second-order valence-electron chi connectivity index (χ2n) is 6.51. The van der Waals surface area contributed by atoms with Gasteiger partial charge in [-0.05, 0) is 61.8 Å². The van der Waals surface area contributed by atoms with Crippen molar-refractivity contribution in [1.29, 1.82) is 0 Å². The van der Waals surface area contributed by atoms with Gasteiger partial charge < -0.3 is 14.8 Å². The maximum atomic E-state index is 5.73. The molecule has 1 heterocycles. The first-order valence-electron chi connectivity index (χ1n) is 7.92. The van der Waals surface area contributed by atoms with Crippen LogP contribution in [0.3, 0.4) is 0 Å². The average molecular weight is 273 g/mol. The van der Waals surface area contributed by atoms with Gasteiger partial charge in [0.25, 0.3) is 0 Å². The number of hydrogen-bond acceptors (Lipinski definition) is 3. The van der Waals surface area contributed by atoms with E-state index in [1.54, 1.807) is 0 Å². The lowest BCUT2D eigenvalue weighted by Crippen LogP contribution is -2.29. The second-order valence-corrected chi connectivity index (χ2v) is 6.51. The highest BCUT2D eigenvalue weighted by molar-refractivity contribution is 5.45. The summed E-state index contributed by atoms with van der Waals surface area (Å²) < 4.78 is 11.4. The van der Waals surface area contributed by atoms with Crippen molar-refractivity contribution in [3.8, 4) is 11.5 Å². The monoisotopic (exact) mass is 273 g/mol. The Kier molecular flexibility index (Phi) is 3.10. The molecule has 0 spiro atoms. The average Bonchev–Trinajstić information content (AvgIpc) is 3.11. The first kappa shape index (κ1) is 12.5. The van der Waals surface area contributed by atoms with E-state index in [9.17, 15) is 0 Å². The van der Waals surface area contributed by atoms with Gasteiger partial charge in [0.15, 0.2) is 11.5 Å². The minimum absolute atomic E-state index is 0.459. The third kappa shape index (κ3) is 1.99. The molecule has 2 bridgehead atoms. The van der Waals surface area contributed by atoms with Gasteiger partial charge in [-0.2, -0.15) is 0 Å². The van der Waals surface area contributed by atoms with Gasteiger partial charge in [-0.1, -0.05) is 12.5 Å². The predicted octanol–water partition coefficient (Wildman–Crippen LogP) is 3.15. The third-order valence-corrected chi connectivity index (χ3v) is 5.46. The van der Waals surface area contributed by atoms with E-state index in [4.69, 9.17) is 9.47 Å². The zero-order chi connectivity index (χ0) is 13.5. The largest absolute Gasteiger partial charge is 0.486 e. The molecule has 1 aliphatic heterocycles. The zero-order valence-electron chi connectivity index (χ0n) is 12.1. The Morgan fingerprint density at radius 3 is 2.65 bits per heavy atom. The molecule has 3 heteroatoms. The Balaban J connectivity index is 1.61. The molecule has 108 valence electrons. The Labute approximate surface area is 120 Å². The Morgan fingerprint density at radius 1 is 1.10 bits per heavy atom. The minimum atomic E-state index is 0.459. The van der Waals surface area contributed by atoms with Crippen molar-refractivity contribution in [3.63, 3.8) is 0 Å². The molecule has 0 radical (unpaired) electrons. The SMILES string of the molecule is CNC(c1ccc2c(c1)OCCO2)C1CC2CCC1C2. The normalized spacial score (nSPS) is 32.4. The molecule has 0 amide bonds. The highest BCUT2D eigenvalue weighted by atomic mass is 16.6. The van der Waals surface area contributed by atoms with Gasteiger partial charge in [-0.15, -0.1) is 0 Å². The van der Waals surface area contributed by atoms with Crippen LogP contribution in [0.25, 0.3) is 0 Å². The summed E-state index contributed by atoms with van der Waals surface area (Å²) in [5.74, 6) is 4.50. The van der Waals surface area contributed by atoms with Crippen molar-refractivity contribution in [2.45, 2.75) is 31.7 Å². The number of benzene rings is 1. The maximum Gasteiger partial charge on any atom is 0.161 e. The first-order valence-corrected chi connectivity index (χ1v) is 7.92. The van der Waals surface area contributed by atoms with E-state index in [0.717, 1.165) is 29.3 Å². The van der Waals surface area contributed by atoms with Crippen LogP contribution in [0.4, 0.5) is 0 Å². The van der Waals surface area contributed by atoms with Crippen molar-refractivity contribution >= 4 is 0 Å². The van der Waals surface area contributed by atoms with E-state index < -0.39 is 0 Å². The third-order valence-electron chi connectivity index (χ3n) is 5.46. The summed E-state index contributed by atoms with van der Waals surface area (Å²) in [4.78, 5) is 0. The summed E-state index contributed by atoms with van der Waals surface area (Å²) >= 11 is 0. The van der Waals surface area contributed by atoms with Crippen LogP contribution >= 0.6 is 0 Å². The Bertz CT molecular complexity index is 502. The molecule has 2 aliphatic carbocycles. The molecule has 0 saturated heterocycles. The molecule has 1 aromatic carbocycles. The Morgan fingerprint density at radius 2 is 1.95 bits per heavy atom. The maximum absolute atomic E-state index is 5.73. The number of nitrogens with one attached hydrogen (secondary N) is 1. The van der Waals surface area contributed by atoms with Crippen LogP contribution in [-0.2, 0) is 0 Å². The van der Waals surface area contributed by atoms with E-state index in [1.807, 2.05) is 0 Å². The van der Waals surface area contributed by atoms with Crippen LogP contribution in [0.5, 0.6) is 11.5 Å². The van der Waals surface area contributed by atoms with Gasteiger partial charge in [-0.3, -0.25) is 0 Å². The van der Waals surface area contributed by atoms with Crippen molar-refractivity contribution in [3.05, 3.63) is 23.8 Å². The van der Waals surface area contributed by atoms with Crippen molar-refractivity contribution < 1.29 is 9.47 Å². The van der Waals surface area contributed by atoms with Crippen molar-refractivity contribution in [1.82, 2.24) is 5.32 Å². The standard InChI is InChI=1S/C17H23NO2/c1-18-17(14-9-11-2-3-12(14)8-11)13-4-5-15-16(10-13)20-7-6-19-15/h4-5,10-12,14,17-18H,2-3,6-9H2,1H3. The summed E-state index contributed by atoms with van der Waals surface area (Å²) in [5.41, 5.74) is 1.36. The zero-order valence-corrected chi connectivity index (χ0v) is 12.1. The molecule has 4 atom stereocenters. The summed E-state index contributed by atoms with van der Waals surface area (Å²) in [6, 6.07) is 6.92. The van der Waals surface area contributed by atoms with E-state index in [1.165, 1.54) is 31.2 Å². The van der Waals surface area contributed by atoms with Gasteiger partial charge in [0.05, 0.1) is 0 Å². The molecule has 1 N–H and O–H groups in total. The fraction of sp³-hybridized carbons (Fsp3) is 0.647. The van der Waals surface area contributed by atoms with E-state index in [-0.39, 0.29) is 0 Å². The van der Waals surface area contributed by atoms with Crippen LogP contribution in [-0.4, -0.2) is 20.3 Å². The molecule has 2 saturated carbocycles. The topological polar surface area (TPSA) is 30.5 Å². The fourth-order valence-electron chi connectivity index (χ4n) is 4.58. The molecule has 2 fully saturated rings. The lowest BCUT2D eigenvalue weighted by Gasteiger charge is -2.31. The van der Waals surface area contributed by atoms with E-state index >= 15 is 0 Å². The predicted molar refractivity (Wildman–Crippen MR) is 78.2 cm³/mol. The summed E-state index contributed by atoms with van der Waals surface area (Å²) in [7, 11) is 2.09. The van der Waals surface area contributed by atoms with Crippen molar-refractivity contribution in [2.24, 2.45) is 17.8 Å². The fourth-order valence-corrected chi connectivity index (χ4v) is 4.58. The van der Waals surface area contributed by atoms with E-state index in [0.29, 0.717) is 19.3 Å². The Hall–Kier alpha value is -1.22. The van der Waals surface area contributed by atoms with Gasteiger partial charge in [0.2, 0.25) is 0 Å². The summed E-state index contributed by atoms with van der Waals surface area (Å²) in [6.07, 6.45) is 5.73. The molecule has 4 unspecified atom stereocenters. The second kappa shape index (κ2) is 4.96. The summed E-state index contributed by atoms with van der Waals surface area (Å²) in [5, 5.41) is 3.56. The lowest BCUT2D eigenvalue weighted by molar-refractivity contribution is 0.171. The molecule has 4 rings (SSSR count). The van der Waals surface area contributed by atoms with Gasteiger partial charge in [0, 0.05) is 6.04 Å². The van der Waals surface area contributed by atoms with Gasteiger partial charge in [0.1, 0.15) is 13.2 Å². The molecule has 3 aliphatic rings. The quantitative estimate of drug-likeness (QED) is 0.917. The lowest BCUT2D eigenvalue weighted by atomic mass is 9.80. The number of ether oxygens (including phenoxy) is 2. The van der Waals surface area contributed by atoms with Crippen LogP contribution in [0.2, 0.25) is 0 Å². The number of rotatable bonds is 3. The van der Waals surface area contributed by atoms with Crippen LogP contribution in [0, 0.1) is 17.8 Å². The molecule has 3 nitrogen and oxygen atoms in total. The van der Waals surface area contributed by atoms with Gasteiger partial charge >= 0.3 is 0 Å². The van der Waals surface area contributed by atoms with E-state index in [2.05, 4.69) is 30.6 Å². The van der Waals surface area contributed by atoms with Crippen LogP contribution < -0.4 is 14.8 Å². The highest BCUT2D eigenvalue weighted by Gasteiger charge is 2.43. The van der Waals surface area contributed by atoms with Crippen molar-refractivity contribution in [2.75, 3.05) is 20.3 Å². The molecular weight excluding hydrogens is 250 g/mol. The highest BCUT2D eigenvalue weighted by Crippen LogP contribution is 2.52.